The Kier molecular flexibility index (Phi) is 5.06. The van der Waals surface area contributed by atoms with Crippen molar-refractivity contribution >= 4 is 44.4 Å². The van der Waals surface area contributed by atoms with Gasteiger partial charge >= 0.3 is 6.18 Å². The zero-order valence-electron chi connectivity index (χ0n) is 16.7. The van der Waals surface area contributed by atoms with Crippen LogP contribution in [0.3, 0.4) is 0 Å². The van der Waals surface area contributed by atoms with Gasteiger partial charge in [0.1, 0.15) is 5.54 Å². The van der Waals surface area contributed by atoms with Gasteiger partial charge in [-0.1, -0.05) is 0 Å². The summed E-state index contributed by atoms with van der Waals surface area (Å²) in [5.41, 5.74) is -2.33. The summed E-state index contributed by atoms with van der Waals surface area (Å²) in [5.74, 6) is -0.446. The van der Waals surface area contributed by atoms with Crippen LogP contribution in [0.15, 0.2) is 47.4 Å². The van der Waals surface area contributed by atoms with Gasteiger partial charge in [-0.25, -0.2) is 8.42 Å². The first kappa shape index (κ1) is 22.2. The number of sulfone groups is 1. The average Bonchev–Trinajstić information content (AvgIpc) is 2.93. The molecule has 1 heterocycles. The number of nitrogens with zero attached hydrogens (tertiary/aromatic N) is 3. The van der Waals surface area contributed by atoms with Gasteiger partial charge in [-0.2, -0.15) is 18.4 Å². The van der Waals surface area contributed by atoms with Gasteiger partial charge in [0, 0.05) is 11.9 Å². The molecular weight excluding hydrogens is 463 g/mol. The van der Waals surface area contributed by atoms with Crippen LogP contribution in [0.5, 0.6) is 0 Å². The SMILES string of the molecule is CS(=O)(=O)c1ccc(N2C(=S)N(c3ccc(C#N)c(C(F)(F)F)c3)C(=O)C23CCC3)cc1. The molecule has 4 rings (SSSR count). The molecule has 1 amide bonds. The number of hydrogen-bond acceptors (Lipinski definition) is 5. The third-order valence-electron chi connectivity index (χ3n) is 5.80. The highest BCUT2D eigenvalue weighted by molar-refractivity contribution is 7.90. The molecule has 166 valence electrons. The first-order valence-electron chi connectivity index (χ1n) is 9.50. The number of carbonyl (C=O) groups is 1. The van der Waals surface area contributed by atoms with E-state index in [0.717, 1.165) is 29.7 Å². The molecule has 1 spiro atoms. The Balaban J connectivity index is 1.80. The van der Waals surface area contributed by atoms with Crippen LogP contribution in [0, 0.1) is 11.3 Å². The van der Waals surface area contributed by atoms with Gasteiger partial charge in [0.25, 0.3) is 5.91 Å². The number of nitriles is 1. The lowest BCUT2D eigenvalue weighted by Crippen LogP contribution is -2.55. The van der Waals surface area contributed by atoms with Crippen molar-refractivity contribution in [3.63, 3.8) is 0 Å². The summed E-state index contributed by atoms with van der Waals surface area (Å²) >= 11 is 5.52. The van der Waals surface area contributed by atoms with E-state index in [-0.39, 0.29) is 15.7 Å². The molecule has 1 aliphatic heterocycles. The summed E-state index contributed by atoms with van der Waals surface area (Å²) in [5, 5.41) is 9.03. The second-order valence-electron chi connectivity index (χ2n) is 7.75. The van der Waals surface area contributed by atoms with E-state index in [0.29, 0.717) is 18.5 Å². The molecule has 0 N–H and O–H groups in total. The maximum absolute atomic E-state index is 13.5. The molecular formula is C21H16F3N3O3S2. The molecule has 2 aromatic rings. The fourth-order valence-corrected chi connectivity index (χ4v) is 5.15. The normalized spacial score (nSPS) is 18.1. The van der Waals surface area contributed by atoms with Crippen LogP contribution in [0.4, 0.5) is 24.5 Å². The minimum absolute atomic E-state index is 0.000335. The van der Waals surface area contributed by atoms with Gasteiger partial charge in [-0.05, 0) is 73.9 Å². The summed E-state index contributed by atoms with van der Waals surface area (Å²) < 4.78 is 63.9. The molecule has 0 unspecified atom stereocenters. The van der Waals surface area contributed by atoms with Crippen molar-refractivity contribution in [1.82, 2.24) is 0 Å². The number of alkyl halides is 3. The van der Waals surface area contributed by atoms with Gasteiger partial charge in [-0.3, -0.25) is 9.69 Å². The van der Waals surface area contributed by atoms with Crippen molar-refractivity contribution in [2.75, 3.05) is 16.1 Å². The fraction of sp³-hybridized carbons (Fsp3) is 0.286. The first-order valence-corrected chi connectivity index (χ1v) is 11.8. The highest BCUT2D eigenvalue weighted by Gasteiger charge is 2.59. The quantitative estimate of drug-likeness (QED) is 0.618. The van der Waals surface area contributed by atoms with Crippen molar-refractivity contribution in [3.8, 4) is 6.07 Å². The average molecular weight is 480 g/mol. The number of thiocarbonyl (C=S) groups is 1. The predicted octanol–water partition coefficient (Wildman–Crippen LogP) is 4.04. The second-order valence-corrected chi connectivity index (χ2v) is 10.1. The highest BCUT2D eigenvalue weighted by Crippen LogP contribution is 2.48. The summed E-state index contributed by atoms with van der Waals surface area (Å²) in [4.78, 5) is 16.2. The molecule has 1 aliphatic carbocycles. The number of carbonyl (C=O) groups excluding carboxylic acids is 1. The van der Waals surface area contributed by atoms with E-state index in [9.17, 15) is 26.4 Å². The van der Waals surface area contributed by atoms with E-state index in [1.807, 2.05) is 0 Å². The Morgan fingerprint density at radius 3 is 2.16 bits per heavy atom. The molecule has 0 radical (unpaired) electrons. The number of amides is 1. The fourth-order valence-electron chi connectivity index (χ4n) is 4.05. The van der Waals surface area contributed by atoms with Gasteiger partial charge in [0.2, 0.25) is 0 Å². The standard InChI is InChI=1S/C21H16F3N3O3S2/c1-32(29,30)16-7-5-14(6-8-16)27-19(31)26(18(28)20(27)9-2-10-20)15-4-3-13(12-25)17(11-15)21(22,23)24/h3-8,11H,2,9-10H2,1H3. The number of hydrogen-bond donors (Lipinski definition) is 0. The maximum atomic E-state index is 13.5. The summed E-state index contributed by atoms with van der Waals surface area (Å²) in [6.45, 7) is 0. The van der Waals surface area contributed by atoms with Crippen molar-refractivity contribution < 1.29 is 26.4 Å². The zero-order chi connectivity index (χ0) is 23.5. The molecule has 2 aliphatic rings. The molecule has 2 fully saturated rings. The summed E-state index contributed by atoms with van der Waals surface area (Å²) in [6.07, 6.45) is -2.05. The predicted molar refractivity (Wildman–Crippen MR) is 115 cm³/mol. The van der Waals surface area contributed by atoms with E-state index < -0.39 is 38.6 Å². The molecule has 11 heteroatoms. The van der Waals surface area contributed by atoms with Crippen molar-refractivity contribution in [3.05, 3.63) is 53.6 Å². The first-order chi connectivity index (χ1) is 14.9. The molecule has 2 aromatic carbocycles. The Morgan fingerprint density at radius 1 is 1.09 bits per heavy atom. The Morgan fingerprint density at radius 2 is 1.69 bits per heavy atom. The Labute approximate surface area is 187 Å². The number of anilines is 2. The number of halogens is 3. The van der Waals surface area contributed by atoms with E-state index >= 15 is 0 Å². The minimum atomic E-state index is -4.78. The maximum Gasteiger partial charge on any atom is 0.417 e. The smallest absolute Gasteiger partial charge is 0.303 e. The molecule has 0 bridgehead atoms. The largest absolute Gasteiger partial charge is 0.417 e. The Hall–Kier alpha value is -2.97. The lowest BCUT2D eigenvalue weighted by atomic mass is 9.75. The van der Waals surface area contributed by atoms with Crippen LogP contribution >= 0.6 is 12.2 Å². The van der Waals surface area contributed by atoms with E-state index in [4.69, 9.17) is 17.5 Å². The van der Waals surface area contributed by atoms with E-state index in [2.05, 4.69) is 0 Å². The van der Waals surface area contributed by atoms with Gasteiger partial charge in [-0.15, -0.1) is 0 Å². The molecule has 0 aromatic heterocycles. The van der Waals surface area contributed by atoms with E-state index in [1.165, 1.54) is 36.4 Å². The minimum Gasteiger partial charge on any atom is -0.303 e. The number of rotatable bonds is 3. The molecule has 0 atom stereocenters. The lowest BCUT2D eigenvalue weighted by Gasteiger charge is -2.43. The third-order valence-corrected chi connectivity index (χ3v) is 7.30. The zero-order valence-corrected chi connectivity index (χ0v) is 18.3. The van der Waals surface area contributed by atoms with E-state index in [1.54, 1.807) is 4.90 Å². The second kappa shape index (κ2) is 7.28. The third kappa shape index (κ3) is 3.34. The van der Waals surface area contributed by atoms with Crippen LogP contribution in [0.25, 0.3) is 0 Å². The van der Waals surface area contributed by atoms with Crippen molar-refractivity contribution in [1.29, 1.82) is 5.26 Å². The molecule has 6 nitrogen and oxygen atoms in total. The summed E-state index contributed by atoms with van der Waals surface area (Å²) in [6, 6.07) is 10.4. The van der Waals surface area contributed by atoms with Gasteiger partial charge in [0.05, 0.1) is 27.8 Å². The topological polar surface area (TPSA) is 81.5 Å². The molecule has 1 saturated carbocycles. The van der Waals surface area contributed by atoms with Crippen LogP contribution < -0.4 is 9.80 Å². The van der Waals surface area contributed by atoms with Crippen LogP contribution in [-0.2, 0) is 20.8 Å². The summed E-state index contributed by atoms with van der Waals surface area (Å²) in [7, 11) is -3.43. The van der Waals surface area contributed by atoms with Gasteiger partial charge in [0.15, 0.2) is 14.9 Å². The van der Waals surface area contributed by atoms with Crippen LogP contribution in [0.1, 0.15) is 30.4 Å². The Bertz CT molecular complexity index is 1280. The highest BCUT2D eigenvalue weighted by atomic mass is 32.2. The number of benzene rings is 2. The van der Waals surface area contributed by atoms with Gasteiger partial charge < -0.3 is 4.90 Å². The monoisotopic (exact) mass is 479 g/mol. The lowest BCUT2D eigenvalue weighted by molar-refractivity contribution is -0.137. The molecule has 1 saturated heterocycles. The van der Waals surface area contributed by atoms with Crippen LogP contribution in [-0.4, -0.2) is 31.2 Å². The molecule has 32 heavy (non-hydrogen) atoms. The van der Waals surface area contributed by atoms with Crippen molar-refractivity contribution in [2.45, 2.75) is 35.9 Å². The van der Waals surface area contributed by atoms with Crippen molar-refractivity contribution in [2.24, 2.45) is 0 Å². The van der Waals surface area contributed by atoms with Crippen LogP contribution in [0.2, 0.25) is 0 Å².